The lowest BCUT2D eigenvalue weighted by Gasteiger charge is -2.02. The largest absolute Gasteiger partial charge is 0.490 e. The van der Waals surface area contributed by atoms with Gasteiger partial charge in [0, 0.05) is 5.33 Å². The standard InChI is InChI=1S/C8H12BrNO3/c1-3-7(10(11)12)8(13-2)5-4-6-9/h3,5H,4,6H2,1-2H3/b7-3+,8-5+. The molecule has 0 rings (SSSR count). The van der Waals surface area contributed by atoms with Crippen LogP contribution in [0.25, 0.3) is 0 Å². The van der Waals surface area contributed by atoms with Crippen molar-refractivity contribution in [2.24, 2.45) is 0 Å². The monoisotopic (exact) mass is 249 g/mol. The van der Waals surface area contributed by atoms with Crippen molar-refractivity contribution >= 4 is 15.9 Å². The summed E-state index contributed by atoms with van der Waals surface area (Å²) in [5.41, 5.74) is 0.00319. The van der Waals surface area contributed by atoms with Gasteiger partial charge in [0.05, 0.1) is 12.0 Å². The maximum Gasteiger partial charge on any atom is 0.306 e. The van der Waals surface area contributed by atoms with Gasteiger partial charge in [0.1, 0.15) is 0 Å². The molecule has 13 heavy (non-hydrogen) atoms. The Bertz CT molecular complexity index is 236. The van der Waals surface area contributed by atoms with Gasteiger partial charge in [-0.15, -0.1) is 0 Å². The Balaban J connectivity index is 4.64. The SMILES string of the molecule is C/C=C(\C(=C/CCBr)OC)[N+](=O)[O-]. The first-order valence-electron chi connectivity index (χ1n) is 3.78. The average Bonchev–Trinajstić information content (AvgIpc) is 2.11. The first-order chi connectivity index (χ1) is 6.17. The molecule has 0 aromatic rings. The van der Waals surface area contributed by atoms with E-state index in [-0.39, 0.29) is 5.70 Å². The van der Waals surface area contributed by atoms with E-state index in [2.05, 4.69) is 15.9 Å². The van der Waals surface area contributed by atoms with Crippen molar-refractivity contribution in [2.45, 2.75) is 13.3 Å². The van der Waals surface area contributed by atoms with Crippen LogP contribution in [0.5, 0.6) is 0 Å². The van der Waals surface area contributed by atoms with Crippen LogP contribution in [0.3, 0.4) is 0 Å². The van der Waals surface area contributed by atoms with Crippen molar-refractivity contribution in [2.75, 3.05) is 12.4 Å². The fourth-order valence-electron chi connectivity index (χ4n) is 0.816. The number of methoxy groups -OCH3 is 1. The maximum absolute atomic E-state index is 10.5. The second-order valence-electron chi connectivity index (χ2n) is 2.18. The number of nitro groups is 1. The molecule has 0 atom stereocenters. The van der Waals surface area contributed by atoms with Crippen molar-refractivity contribution in [1.29, 1.82) is 0 Å². The van der Waals surface area contributed by atoms with E-state index in [1.54, 1.807) is 13.0 Å². The molecule has 5 heteroatoms. The van der Waals surface area contributed by atoms with E-state index in [4.69, 9.17) is 4.74 Å². The molecule has 0 saturated carbocycles. The van der Waals surface area contributed by atoms with E-state index in [1.807, 2.05) is 0 Å². The van der Waals surface area contributed by atoms with Crippen molar-refractivity contribution < 1.29 is 9.66 Å². The van der Waals surface area contributed by atoms with Crippen LogP contribution in [-0.2, 0) is 4.74 Å². The summed E-state index contributed by atoms with van der Waals surface area (Å²) in [5.74, 6) is 0.312. The third-order valence-corrected chi connectivity index (χ3v) is 1.84. The van der Waals surface area contributed by atoms with Crippen LogP contribution >= 0.6 is 15.9 Å². The number of hydrogen-bond donors (Lipinski definition) is 0. The van der Waals surface area contributed by atoms with Gasteiger partial charge in [-0.1, -0.05) is 15.9 Å². The van der Waals surface area contributed by atoms with E-state index < -0.39 is 4.92 Å². The molecule has 74 valence electrons. The molecule has 0 fully saturated rings. The molecule has 0 unspecified atom stereocenters. The van der Waals surface area contributed by atoms with Crippen LogP contribution < -0.4 is 0 Å². The number of alkyl halides is 1. The molecular formula is C8H12BrNO3. The number of nitrogens with zero attached hydrogens (tertiary/aromatic N) is 1. The van der Waals surface area contributed by atoms with E-state index in [0.717, 1.165) is 5.33 Å². The summed E-state index contributed by atoms with van der Waals surface area (Å²) in [5, 5.41) is 11.3. The molecule has 0 aliphatic carbocycles. The number of ether oxygens (including phenoxy) is 1. The molecule has 0 aromatic heterocycles. The van der Waals surface area contributed by atoms with Crippen LogP contribution in [0.1, 0.15) is 13.3 Å². The topological polar surface area (TPSA) is 52.4 Å². The molecule has 0 aliphatic rings. The highest BCUT2D eigenvalue weighted by Gasteiger charge is 2.15. The van der Waals surface area contributed by atoms with Gasteiger partial charge in [0.15, 0.2) is 5.76 Å². The lowest BCUT2D eigenvalue weighted by atomic mass is 10.3. The first-order valence-corrected chi connectivity index (χ1v) is 4.90. The molecule has 0 aliphatic heterocycles. The van der Waals surface area contributed by atoms with Crippen LogP contribution in [0.15, 0.2) is 23.6 Å². The molecule has 0 spiro atoms. The summed E-state index contributed by atoms with van der Waals surface area (Å²) < 4.78 is 4.90. The van der Waals surface area contributed by atoms with Crippen molar-refractivity contribution in [3.05, 3.63) is 33.7 Å². The molecule has 0 bridgehead atoms. The molecule has 0 radical (unpaired) electrons. The van der Waals surface area contributed by atoms with Crippen LogP contribution in [0.2, 0.25) is 0 Å². The van der Waals surface area contributed by atoms with Crippen LogP contribution in [0.4, 0.5) is 0 Å². The van der Waals surface area contributed by atoms with Crippen LogP contribution in [0, 0.1) is 10.1 Å². The van der Waals surface area contributed by atoms with E-state index in [9.17, 15) is 10.1 Å². The highest BCUT2D eigenvalue weighted by molar-refractivity contribution is 9.09. The highest BCUT2D eigenvalue weighted by Crippen LogP contribution is 2.12. The number of rotatable bonds is 5. The molecule has 0 aromatic carbocycles. The predicted octanol–water partition coefficient (Wildman–Crippen LogP) is 2.48. The Morgan fingerprint density at radius 1 is 1.69 bits per heavy atom. The van der Waals surface area contributed by atoms with Gasteiger partial charge in [0.25, 0.3) is 0 Å². The Morgan fingerprint density at radius 2 is 2.31 bits per heavy atom. The van der Waals surface area contributed by atoms with E-state index >= 15 is 0 Å². The fourth-order valence-corrected chi connectivity index (χ4v) is 1.04. The number of hydrogen-bond acceptors (Lipinski definition) is 3. The normalized spacial score (nSPS) is 12.8. The third-order valence-electron chi connectivity index (χ3n) is 1.38. The fraction of sp³-hybridized carbons (Fsp3) is 0.500. The first kappa shape index (κ1) is 12.2. The summed E-state index contributed by atoms with van der Waals surface area (Å²) >= 11 is 3.23. The molecular weight excluding hydrogens is 238 g/mol. The van der Waals surface area contributed by atoms with Gasteiger partial charge >= 0.3 is 5.70 Å². The molecule has 4 nitrogen and oxygen atoms in total. The van der Waals surface area contributed by atoms with Gasteiger partial charge in [-0.3, -0.25) is 10.1 Å². The Hall–Kier alpha value is -0.840. The zero-order chi connectivity index (χ0) is 10.3. The highest BCUT2D eigenvalue weighted by atomic mass is 79.9. The van der Waals surface area contributed by atoms with Crippen molar-refractivity contribution in [1.82, 2.24) is 0 Å². The Kier molecular flexibility index (Phi) is 6.22. The molecule has 0 amide bonds. The third kappa shape index (κ3) is 4.07. The van der Waals surface area contributed by atoms with Crippen molar-refractivity contribution in [3.63, 3.8) is 0 Å². The van der Waals surface area contributed by atoms with E-state index in [0.29, 0.717) is 12.2 Å². The van der Waals surface area contributed by atoms with Crippen LogP contribution in [-0.4, -0.2) is 17.4 Å². The van der Waals surface area contributed by atoms with Gasteiger partial charge in [-0.05, 0) is 25.5 Å². The zero-order valence-electron chi connectivity index (χ0n) is 7.62. The van der Waals surface area contributed by atoms with Gasteiger partial charge < -0.3 is 4.74 Å². The van der Waals surface area contributed by atoms with Gasteiger partial charge in [0.2, 0.25) is 0 Å². The summed E-state index contributed by atoms with van der Waals surface area (Å²) in [7, 11) is 1.42. The second kappa shape index (κ2) is 6.65. The maximum atomic E-state index is 10.5. The summed E-state index contributed by atoms with van der Waals surface area (Å²) in [6.07, 6.45) is 3.81. The lowest BCUT2D eigenvalue weighted by Crippen LogP contribution is -2.03. The van der Waals surface area contributed by atoms with Gasteiger partial charge in [-0.25, -0.2) is 0 Å². The molecule has 0 heterocycles. The summed E-state index contributed by atoms with van der Waals surface area (Å²) in [6, 6.07) is 0. The van der Waals surface area contributed by atoms with Crippen molar-refractivity contribution in [3.8, 4) is 0 Å². The smallest absolute Gasteiger partial charge is 0.306 e. The Morgan fingerprint density at radius 3 is 2.62 bits per heavy atom. The predicted molar refractivity (Wildman–Crippen MR) is 54.3 cm³/mol. The number of allylic oxidation sites excluding steroid dienone is 2. The summed E-state index contributed by atoms with van der Waals surface area (Å²) in [4.78, 5) is 10.0. The minimum atomic E-state index is -0.455. The average molecular weight is 250 g/mol. The minimum absolute atomic E-state index is 0.00319. The lowest BCUT2D eigenvalue weighted by molar-refractivity contribution is -0.424. The Labute approximate surface area is 85.5 Å². The number of halogens is 1. The zero-order valence-corrected chi connectivity index (χ0v) is 9.20. The second-order valence-corrected chi connectivity index (χ2v) is 2.97. The molecule has 0 N–H and O–H groups in total. The quantitative estimate of drug-likeness (QED) is 0.247. The summed E-state index contributed by atoms with van der Waals surface area (Å²) in [6.45, 7) is 1.61. The van der Waals surface area contributed by atoms with E-state index in [1.165, 1.54) is 13.2 Å². The minimum Gasteiger partial charge on any atom is -0.490 e. The van der Waals surface area contributed by atoms with Gasteiger partial charge in [-0.2, -0.15) is 0 Å². The molecule has 0 saturated heterocycles.